The molecule has 5 rings (SSSR count). The van der Waals surface area contributed by atoms with Crippen molar-refractivity contribution < 1.29 is 12.8 Å². The predicted molar refractivity (Wildman–Crippen MR) is 160 cm³/mol. The SMILES string of the molecule is C=C(c1ccc(NS(=O)(=O)c2cccc3cccnc23)c(C)c1)N1CCN(CC2=C(F)C=C(I)CC2)CC1. The van der Waals surface area contributed by atoms with E-state index < -0.39 is 10.0 Å². The van der Waals surface area contributed by atoms with Gasteiger partial charge in [0.1, 0.15) is 10.7 Å². The number of nitrogens with one attached hydrogen (secondary N) is 1. The number of anilines is 1. The van der Waals surface area contributed by atoms with E-state index in [-0.39, 0.29) is 10.7 Å². The third-order valence-corrected chi connectivity index (χ3v) is 9.39. The molecule has 1 N–H and O–H groups in total. The van der Waals surface area contributed by atoms with Crippen molar-refractivity contribution in [2.24, 2.45) is 0 Å². The van der Waals surface area contributed by atoms with Gasteiger partial charge in [0, 0.05) is 50.0 Å². The van der Waals surface area contributed by atoms with Gasteiger partial charge in [-0.3, -0.25) is 14.6 Å². The van der Waals surface area contributed by atoms with Crippen LogP contribution in [0, 0.1) is 6.92 Å². The number of nitrogens with zero attached hydrogens (tertiary/aromatic N) is 3. The Balaban J connectivity index is 1.24. The van der Waals surface area contributed by atoms with E-state index in [0.29, 0.717) is 17.7 Å². The highest BCUT2D eigenvalue weighted by Gasteiger charge is 2.23. The zero-order chi connectivity index (χ0) is 26.9. The van der Waals surface area contributed by atoms with Gasteiger partial charge in [0.2, 0.25) is 0 Å². The van der Waals surface area contributed by atoms with Crippen molar-refractivity contribution >= 4 is 54.9 Å². The van der Waals surface area contributed by atoms with Crippen molar-refractivity contribution in [3.05, 3.63) is 93.5 Å². The molecule has 0 atom stereocenters. The molecule has 2 heterocycles. The van der Waals surface area contributed by atoms with Gasteiger partial charge in [0.25, 0.3) is 10.0 Å². The number of fused-ring (bicyclic) bond motifs is 1. The number of aryl methyl sites for hydroxylation is 1. The monoisotopic (exact) mass is 644 g/mol. The minimum Gasteiger partial charge on any atom is -0.369 e. The molecule has 3 aromatic rings. The van der Waals surface area contributed by atoms with Crippen LogP contribution < -0.4 is 4.72 Å². The van der Waals surface area contributed by atoms with Crippen LogP contribution in [0.25, 0.3) is 16.6 Å². The van der Waals surface area contributed by atoms with Crippen LogP contribution >= 0.6 is 22.6 Å². The highest BCUT2D eigenvalue weighted by Crippen LogP contribution is 2.30. The van der Waals surface area contributed by atoms with Gasteiger partial charge in [-0.15, -0.1) is 0 Å². The number of hydrogen-bond donors (Lipinski definition) is 1. The fraction of sp³-hybridized carbons (Fsp3) is 0.276. The number of allylic oxidation sites excluding steroid dienone is 3. The second-order valence-corrected chi connectivity index (χ2v) is 12.8. The lowest BCUT2D eigenvalue weighted by atomic mass is 10.0. The molecule has 1 aliphatic carbocycles. The van der Waals surface area contributed by atoms with Crippen LogP contribution in [-0.4, -0.2) is 55.9 Å². The number of pyridine rings is 1. The van der Waals surface area contributed by atoms with Gasteiger partial charge < -0.3 is 4.90 Å². The van der Waals surface area contributed by atoms with E-state index in [0.717, 1.165) is 70.4 Å². The molecule has 1 aromatic heterocycles. The normalized spacial score (nSPS) is 17.0. The van der Waals surface area contributed by atoms with Crippen LogP contribution in [0.4, 0.5) is 10.1 Å². The molecule has 1 aliphatic heterocycles. The van der Waals surface area contributed by atoms with E-state index in [4.69, 9.17) is 0 Å². The molecule has 0 bridgehead atoms. The van der Waals surface area contributed by atoms with Crippen molar-refractivity contribution in [3.63, 3.8) is 0 Å². The average molecular weight is 645 g/mol. The summed E-state index contributed by atoms with van der Waals surface area (Å²) < 4.78 is 44.6. The molecule has 0 spiro atoms. The summed E-state index contributed by atoms with van der Waals surface area (Å²) >= 11 is 2.20. The minimum atomic E-state index is -3.83. The lowest BCUT2D eigenvalue weighted by molar-refractivity contribution is 0.185. The molecule has 0 unspecified atom stereocenters. The molecule has 0 radical (unpaired) electrons. The second kappa shape index (κ2) is 11.2. The molecular formula is C29H30FIN4O2S. The van der Waals surface area contributed by atoms with E-state index in [1.165, 1.54) is 0 Å². The van der Waals surface area contributed by atoms with Gasteiger partial charge in [0.05, 0.1) is 11.2 Å². The molecular weight excluding hydrogens is 614 g/mol. The van der Waals surface area contributed by atoms with Gasteiger partial charge in [0.15, 0.2) is 0 Å². The summed E-state index contributed by atoms with van der Waals surface area (Å²) in [4.78, 5) is 8.97. The van der Waals surface area contributed by atoms with Crippen molar-refractivity contribution in [2.75, 3.05) is 37.4 Å². The standard InChI is InChI=1S/C29H30FIN4O2S/c1-20-17-23(21(2)35-15-13-34(14-16-35)19-24-8-10-25(31)18-26(24)30)9-11-27(20)33-38(36,37)28-7-3-5-22-6-4-12-32-29(22)28/h3-7,9,11-12,17-18,33H,2,8,10,13-16,19H2,1H3. The number of rotatable bonds is 7. The van der Waals surface area contributed by atoms with E-state index in [9.17, 15) is 12.8 Å². The maximum Gasteiger partial charge on any atom is 0.264 e. The van der Waals surface area contributed by atoms with Crippen molar-refractivity contribution in [3.8, 4) is 0 Å². The lowest BCUT2D eigenvalue weighted by Crippen LogP contribution is -2.45. The van der Waals surface area contributed by atoms with Crippen LogP contribution in [0.5, 0.6) is 0 Å². The van der Waals surface area contributed by atoms with E-state index in [2.05, 4.69) is 48.7 Å². The number of hydrogen-bond acceptors (Lipinski definition) is 5. The average Bonchev–Trinajstić information content (AvgIpc) is 2.91. The van der Waals surface area contributed by atoms with Crippen LogP contribution in [0.3, 0.4) is 0 Å². The molecule has 1 fully saturated rings. The van der Waals surface area contributed by atoms with E-state index in [1.807, 2.05) is 31.2 Å². The number of para-hydroxylation sites is 1. The first-order valence-corrected chi connectivity index (χ1v) is 15.1. The predicted octanol–water partition coefficient (Wildman–Crippen LogP) is 6.27. The van der Waals surface area contributed by atoms with E-state index in [1.54, 1.807) is 36.5 Å². The number of aromatic nitrogens is 1. The van der Waals surface area contributed by atoms with Gasteiger partial charge in [-0.2, -0.15) is 0 Å². The minimum absolute atomic E-state index is 0.0737. The Morgan fingerprint density at radius 1 is 1.11 bits per heavy atom. The largest absolute Gasteiger partial charge is 0.369 e. The first kappa shape index (κ1) is 26.8. The first-order chi connectivity index (χ1) is 18.2. The van der Waals surface area contributed by atoms with Crippen molar-refractivity contribution in [1.82, 2.24) is 14.8 Å². The summed E-state index contributed by atoms with van der Waals surface area (Å²) in [5.74, 6) is -0.0737. The Labute approximate surface area is 237 Å². The summed E-state index contributed by atoms with van der Waals surface area (Å²) in [6, 6.07) is 14.4. The smallest absolute Gasteiger partial charge is 0.264 e. The third-order valence-electron chi connectivity index (χ3n) is 7.14. The first-order valence-electron chi connectivity index (χ1n) is 12.6. The molecule has 6 nitrogen and oxygen atoms in total. The van der Waals surface area contributed by atoms with Gasteiger partial charge in [-0.25, -0.2) is 12.8 Å². The molecule has 1 saturated heterocycles. The maximum atomic E-state index is 14.3. The van der Waals surface area contributed by atoms with Crippen LogP contribution in [0.1, 0.15) is 24.0 Å². The molecule has 2 aromatic carbocycles. The molecule has 198 valence electrons. The fourth-order valence-corrected chi connectivity index (χ4v) is 6.79. The molecule has 0 amide bonds. The molecule has 38 heavy (non-hydrogen) atoms. The molecule has 2 aliphatic rings. The Hall–Kier alpha value is -2.76. The Bertz CT molecular complexity index is 1550. The van der Waals surface area contributed by atoms with Crippen molar-refractivity contribution in [1.29, 1.82) is 0 Å². The van der Waals surface area contributed by atoms with E-state index >= 15 is 0 Å². The van der Waals surface area contributed by atoms with Gasteiger partial charge in [-0.05, 0) is 93.0 Å². The number of sulfonamides is 1. The summed E-state index contributed by atoms with van der Waals surface area (Å²) in [5, 5.41) is 0.769. The number of halogens is 2. The zero-order valence-electron chi connectivity index (χ0n) is 21.3. The third kappa shape index (κ3) is 5.79. The second-order valence-electron chi connectivity index (χ2n) is 9.72. The van der Waals surface area contributed by atoms with Crippen LogP contribution in [0.2, 0.25) is 0 Å². The van der Waals surface area contributed by atoms with Crippen molar-refractivity contribution in [2.45, 2.75) is 24.7 Å². The van der Waals surface area contributed by atoms with Crippen LogP contribution in [0.15, 0.2) is 87.3 Å². The van der Waals surface area contributed by atoms with Crippen LogP contribution in [-0.2, 0) is 10.0 Å². The van der Waals surface area contributed by atoms with Gasteiger partial charge in [-0.1, -0.05) is 30.8 Å². The Morgan fingerprint density at radius 2 is 1.87 bits per heavy atom. The zero-order valence-corrected chi connectivity index (χ0v) is 24.2. The number of piperazine rings is 1. The summed E-state index contributed by atoms with van der Waals surface area (Å²) in [5.41, 5.74) is 4.52. The highest BCUT2D eigenvalue weighted by atomic mass is 127. The maximum absolute atomic E-state index is 14.3. The topological polar surface area (TPSA) is 65.5 Å². The van der Waals surface area contributed by atoms with Gasteiger partial charge >= 0.3 is 0 Å². The summed E-state index contributed by atoms with van der Waals surface area (Å²) in [7, 11) is -3.83. The number of benzene rings is 2. The highest BCUT2D eigenvalue weighted by molar-refractivity contribution is 14.1. The summed E-state index contributed by atoms with van der Waals surface area (Å²) in [6.07, 6.45) is 4.96. The Morgan fingerprint density at radius 3 is 2.61 bits per heavy atom. The quantitative estimate of drug-likeness (QED) is 0.308. The molecule has 9 heteroatoms. The molecule has 0 saturated carbocycles. The summed E-state index contributed by atoms with van der Waals surface area (Å²) in [6.45, 7) is 10.2. The lowest BCUT2D eigenvalue weighted by Gasteiger charge is -2.37. The Kier molecular flexibility index (Phi) is 7.88. The fourth-order valence-electron chi connectivity index (χ4n) is 4.93.